The molecule has 6 rings (SSSR count). The summed E-state index contributed by atoms with van der Waals surface area (Å²) in [6.07, 6.45) is 7.47. The zero-order chi connectivity index (χ0) is 24.6. The molecule has 35 heavy (non-hydrogen) atoms. The van der Waals surface area contributed by atoms with E-state index >= 15 is 0 Å². The molecule has 2 amide bonds. The maximum absolute atomic E-state index is 13.4. The van der Waals surface area contributed by atoms with Crippen LogP contribution in [0.1, 0.15) is 30.1 Å². The quantitative estimate of drug-likeness (QED) is 0.579. The molecule has 1 saturated heterocycles. The third-order valence-electron chi connectivity index (χ3n) is 8.06. The number of fused-ring (bicyclic) bond motifs is 2. The number of halogens is 2. The summed E-state index contributed by atoms with van der Waals surface area (Å²) in [6, 6.07) is 2.00. The first kappa shape index (κ1) is 22.0. The second-order valence-corrected chi connectivity index (χ2v) is 10.3. The maximum Gasteiger partial charge on any atom is 0.260 e. The van der Waals surface area contributed by atoms with Crippen molar-refractivity contribution < 1.29 is 18.4 Å². The van der Waals surface area contributed by atoms with Crippen LogP contribution in [0.4, 0.5) is 14.5 Å². The first-order valence-corrected chi connectivity index (χ1v) is 11.9. The van der Waals surface area contributed by atoms with Crippen molar-refractivity contribution in [3.05, 3.63) is 36.4 Å². The lowest BCUT2D eigenvalue weighted by Crippen LogP contribution is -2.35. The zero-order valence-electron chi connectivity index (χ0n) is 19.5. The van der Waals surface area contributed by atoms with Crippen LogP contribution in [0, 0.1) is 23.7 Å². The highest BCUT2D eigenvalue weighted by Gasteiger charge is 2.63. The highest BCUT2D eigenvalue weighted by molar-refractivity contribution is 6.02. The molecule has 3 aromatic heterocycles. The average molecular weight is 484 g/mol. The highest BCUT2D eigenvalue weighted by Crippen LogP contribution is 2.51. The van der Waals surface area contributed by atoms with Crippen LogP contribution in [0.5, 0.6) is 0 Å². The summed E-state index contributed by atoms with van der Waals surface area (Å²) in [7, 11) is 1.85. The van der Waals surface area contributed by atoms with E-state index in [0.29, 0.717) is 24.3 Å². The molecule has 184 valence electrons. The summed E-state index contributed by atoms with van der Waals surface area (Å²) in [5.41, 5.74) is 9.21. The van der Waals surface area contributed by atoms with E-state index in [1.165, 1.54) is 6.20 Å². The van der Waals surface area contributed by atoms with Crippen LogP contribution in [-0.4, -0.2) is 61.2 Å². The van der Waals surface area contributed by atoms with Crippen molar-refractivity contribution in [1.29, 1.82) is 0 Å². The van der Waals surface area contributed by atoms with Crippen LogP contribution in [-0.2, 0) is 11.8 Å². The fraction of sp³-hybridized carbons (Fsp3) is 0.500. The number of nitrogens with two attached hydrogens (primary N) is 1. The first-order valence-electron chi connectivity index (χ1n) is 11.9. The predicted octanol–water partition coefficient (Wildman–Crippen LogP) is 2.38. The highest BCUT2D eigenvalue weighted by atomic mass is 19.3. The molecular weight excluding hydrogens is 456 g/mol. The van der Waals surface area contributed by atoms with Crippen molar-refractivity contribution in [2.75, 3.05) is 18.4 Å². The van der Waals surface area contributed by atoms with Crippen LogP contribution in [0.25, 0.3) is 16.6 Å². The van der Waals surface area contributed by atoms with Crippen molar-refractivity contribution in [3.8, 4) is 11.1 Å². The summed E-state index contributed by atoms with van der Waals surface area (Å²) in [5.74, 6) is -4.34. The van der Waals surface area contributed by atoms with Crippen LogP contribution in [0.3, 0.4) is 0 Å². The number of nitrogens with zero attached hydrogens (tertiary/aromatic N) is 5. The molecule has 0 bridgehead atoms. The molecule has 5 atom stereocenters. The number of likely N-dealkylation sites (tertiary alicyclic amines) is 1. The molecule has 3 aromatic rings. The number of nitrogens with one attached hydrogen (secondary N) is 1. The molecule has 2 aliphatic carbocycles. The Hall–Kier alpha value is -3.50. The Labute approximate surface area is 200 Å². The van der Waals surface area contributed by atoms with Gasteiger partial charge in [-0.3, -0.25) is 14.3 Å². The summed E-state index contributed by atoms with van der Waals surface area (Å²) in [4.78, 5) is 26.4. The van der Waals surface area contributed by atoms with Crippen molar-refractivity contribution in [1.82, 2.24) is 24.3 Å². The molecule has 0 radical (unpaired) electrons. The van der Waals surface area contributed by atoms with Gasteiger partial charge < -0.3 is 16.0 Å². The van der Waals surface area contributed by atoms with Gasteiger partial charge in [0.1, 0.15) is 5.92 Å². The Balaban J connectivity index is 1.25. The van der Waals surface area contributed by atoms with Crippen molar-refractivity contribution in [3.63, 3.8) is 0 Å². The van der Waals surface area contributed by atoms with Crippen molar-refractivity contribution >= 4 is 23.0 Å². The van der Waals surface area contributed by atoms with Gasteiger partial charge in [0.05, 0.1) is 29.2 Å². The Bertz CT molecular complexity index is 1350. The van der Waals surface area contributed by atoms with E-state index in [1.807, 2.05) is 25.5 Å². The molecular formula is C24H27F2N7O2. The zero-order valence-corrected chi connectivity index (χ0v) is 19.5. The van der Waals surface area contributed by atoms with Crippen LogP contribution >= 0.6 is 0 Å². The Morgan fingerprint density at radius 3 is 2.57 bits per heavy atom. The largest absolute Gasteiger partial charge is 0.380 e. The van der Waals surface area contributed by atoms with E-state index in [2.05, 4.69) is 22.4 Å². The number of aromatic nitrogens is 4. The summed E-state index contributed by atoms with van der Waals surface area (Å²) >= 11 is 0. The molecule has 1 aliphatic heterocycles. The van der Waals surface area contributed by atoms with Crippen molar-refractivity contribution in [2.24, 2.45) is 36.5 Å². The monoisotopic (exact) mass is 483 g/mol. The Morgan fingerprint density at radius 2 is 1.94 bits per heavy atom. The van der Waals surface area contributed by atoms with Crippen LogP contribution in [0.15, 0.2) is 30.9 Å². The van der Waals surface area contributed by atoms with E-state index in [9.17, 15) is 18.4 Å². The Kier molecular flexibility index (Phi) is 4.71. The molecule has 3 aliphatic rings. The van der Waals surface area contributed by atoms with E-state index in [-0.39, 0.29) is 30.2 Å². The van der Waals surface area contributed by atoms with E-state index < -0.39 is 23.7 Å². The lowest BCUT2D eigenvalue weighted by Gasteiger charge is -2.26. The van der Waals surface area contributed by atoms with Gasteiger partial charge in [0, 0.05) is 56.1 Å². The number of primary amides is 1. The lowest BCUT2D eigenvalue weighted by atomic mass is 9.93. The third kappa shape index (κ3) is 3.55. The second kappa shape index (κ2) is 7.50. The fourth-order valence-corrected chi connectivity index (χ4v) is 5.96. The molecule has 3 fully saturated rings. The van der Waals surface area contributed by atoms with Gasteiger partial charge in [-0.2, -0.15) is 10.2 Å². The number of amides is 2. The molecule has 2 saturated carbocycles. The molecule has 11 heteroatoms. The van der Waals surface area contributed by atoms with Gasteiger partial charge >= 0.3 is 0 Å². The van der Waals surface area contributed by atoms with Gasteiger partial charge in [-0.1, -0.05) is 6.92 Å². The van der Waals surface area contributed by atoms with Gasteiger partial charge in [0.15, 0.2) is 0 Å². The van der Waals surface area contributed by atoms with Crippen LogP contribution in [0.2, 0.25) is 0 Å². The van der Waals surface area contributed by atoms with Gasteiger partial charge in [-0.15, -0.1) is 0 Å². The number of alkyl halides is 2. The maximum atomic E-state index is 13.4. The summed E-state index contributed by atoms with van der Waals surface area (Å²) in [5, 5.41) is 12.2. The number of carbonyl (C=O) groups is 2. The number of rotatable bonds is 5. The normalized spacial score (nSPS) is 28.9. The van der Waals surface area contributed by atoms with Gasteiger partial charge in [0.2, 0.25) is 5.91 Å². The number of hydrogen-bond acceptors (Lipinski definition) is 5. The topological polar surface area (TPSA) is 111 Å². The minimum atomic E-state index is -2.84. The number of anilines is 1. The SMILES string of the molecule is C[C@H]1[C@@H]2CN(C(=O)C3CC3(F)F)C[C@H]2C[C@H]1Nc1c(C(N)=O)cnn2cc(-c3cnn(C)c3)cc12. The summed E-state index contributed by atoms with van der Waals surface area (Å²) < 4.78 is 30.2. The molecule has 0 spiro atoms. The number of carbonyl (C=O) groups excluding carboxylic acids is 2. The lowest BCUT2D eigenvalue weighted by molar-refractivity contribution is -0.134. The second-order valence-electron chi connectivity index (χ2n) is 10.3. The molecule has 3 N–H and O–H groups in total. The smallest absolute Gasteiger partial charge is 0.260 e. The van der Waals surface area contributed by atoms with Crippen LogP contribution < -0.4 is 11.1 Å². The number of hydrogen-bond donors (Lipinski definition) is 2. The molecule has 1 unspecified atom stereocenters. The summed E-state index contributed by atoms with van der Waals surface area (Å²) in [6.45, 7) is 3.12. The number of aryl methyl sites for hydroxylation is 1. The van der Waals surface area contributed by atoms with Gasteiger partial charge in [-0.05, 0) is 30.2 Å². The van der Waals surface area contributed by atoms with E-state index in [1.54, 1.807) is 20.3 Å². The van der Waals surface area contributed by atoms with E-state index in [4.69, 9.17) is 5.73 Å². The van der Waals surface area contributed by atoms with E-state index in [0.717, 1.165) is 23.1 Å². The minimum Gasteiger partial charge on any atom is -0.380 e. The molecule has 9 nitrogen and oxygen atoms in total. The van der Waals surface area contributed by atoms with Gasteiger partial charge in [0.25, 0.3) is 11.8 Å². The molecule has 0 aromatic carbocycles. The average Bonchev–Trinajstić information content (AvgIpc) is 3.31. The van der Waals surface area contributed by atoms with Gasteiger partial charge in [-0.25, -0.2) is 13.3 Å². The standard InChI is InChI=1S/C24H27F2N7O2/c1-12-17-11-32(23(35)18-5-24(18,25)26)9-14(17)3-19(12)30-21-16(22(27)34)7-29-33-10-13(4-20(21)33)15-6-28-31(2)8-15/h4,6-8,10,12,14,17-19,30H,3,5,9,11H2,1-2H3,(H2,27,34)/t12-,14+,17-,18?,19+/m0/s1. The first-order chi connectivity index (χ1) is 16.6. The minimum absolute atomic E-state index is 0.0469. The predicted molar refractivity (Wildman–Crippen MR) is 124 cm³/mol. The fourth-order valence-electron chi connectivity index (χ4n) is 5.96. The Morgan fingerprint density at radius 1 is 1.17 bits per heavy atom. The third-order valence-corrected chi connectivity index (χ3v) is 8.06. The van der Waals surface area contributed by atoms with Crippen molar-refractivity contribution in [2.45, 2.75) is 31.7 Å². The molecule has 4 heterocycles.